The van der Waals surface area contributed by atoms with E-state index in [1.54, 1.807) is 0 Å². The highest BCUT2D eigenvalue weighted by Gasteiger charge is 2.22. The van der Waals surface area contributed by atoms with E-state index in [0.29, 0.717) is 0 Å². The highest BCUT2D eigenvalue weighted by Crippen LogP contribution is 2.42. The zero-order valence-corrected chi connectivity index (χ0v) is 13.6. The van der Waals surface area contributed by atoms with Gasteiger partial charge in [-0.05, 0) is 34.9 Å². The molecular formula is C19H19NO2P. The molecule has 3 rings (SSSR count). The molecule has 2 unspecified atom stereocenters. The third-order valence-corrected chi connectivity index (χ3v) is 5.28. The van der Waals surface area contributed by atoms with Crippen LogP contribution in [0.4, 0.5) is 0 Å². The summed E-state index contributed by atoms with van der Waals surface area (Å²) in [6.45, 7) is 4.00. The fraction of sp³-hybridized carbons (Fsp3) is 0.105. The Hall–Kier alpha value is -1.93. The SMILES string of the molecule is [CH2]C(NP(=O)(O)Cc1ccccc1)c1ccc2ccccc2c1. The lowest BCUT2D eigenvalue weighted by molar-refractivity contribution is 0.455. The average molecular weight is 324 g/mol. The zero-order chi connectivity index (χ0) is 16.3. The van der Waals surface area contributed by atoms with Gasteiger partial charge in [0.25, 0.3) is 7.52 Å². The molecule has 23 heavy (non-hydrogen) atoms. The Morgan fingerprint density at radius 3 is 2.35 bits per heavy atom. The first-order chi connectivity index (χ1) is 11.0. The number of hydrogen-bond acceptors (Lipinski definition) is 1. The van der Waals surface area contributed by atoms with Gasteiger partial charge in [0.05, 0.1) is 6.16 Å². The van der Waals surface area contributed by atoms with Gasteiger partial charge in [0.15, 0.2) is 0 Å². The first kappa shape index (κ1) is 15.9. The summed E-state index contributed by atoms with van der Waals surface area (Å²) in [6.07, 6.45) is 0.0907. The van der Waals surface area contributed by atoms with Crippen LogP contribution in [0.3, 0.4) is 0 Å². The molecule has 3 nitrogen and oxygen atoms in total. The maximum Gasteiger partial charge on any atom is 0.272 e. The highest BCUT2D eigenvalue weighted by molar-refractivity contribution is 7.55. The molecule has 0 amide bonds. The normalized spacial score (nSPS) is 15.2. The second-order valence-corrected chi connectivity index (χ2v) is 7.61. The van der Waals surface area contributed by atoms with Crippen molar-refractivity contribution >= 4 is 18.3 Å². The predicted octanol–water partition coefficient (Wildman–Crippen LogP) is 4.69. The van der Waals surface area contributed by atoms with E-state index in [2.05, 4.69) is 12.0 Å². The summed E-state index contributed by atoms with van der Waals surface area (Å²) in [6, 6.07) is 22.8. The molecule has 0 bridgehead atoms. The summed E-state index contributed by atoms with van der Waals surface area (Å²) >= 11 is 0. The van der Waals surface area contributed by atoms with Crippen molar-refractivity contribution in [2.75, 3.05) is 0 Å². The van der Waals surface area contributed by atoms with Crippen molar-refractivity contribution in [3.05, 3.63) is 90.8 Å². The van der Waals surface area contributed by atoms with Gasteiger partial charge in [-0.25, -0.2) is 5.09 Å². The molecule has 3 aromatic rings. The lowest BCUT2D eigenvalue weighted by Gasteiger charge is -2.20. The number of benzene rings is 3. The zero-order valence-electron chi connectivity index (χ0n) is 12.7. The van der Waals surface area contributed by atoms with Crippen molar-refractivity contribution in [3.8, 4) is 0 Å². The molecule has 0 spiro atoms. The Labute approximate surface area is 136 Å². The van der Waals surface area contributed by atoms with Gasteiger partial charge in [-0.2, -0.15) is 0 Å². The van der Waals surface area contributed by atoms with E-state index >= 15 is 0 Å². The van der Waals surface area contributed by atoms with Crippen LogP contribution in [0.2, 0.25) is 0 Å². The van der Waals surface area contributed by atoms with Crippen LogP contribution in [0.25, 0.3) is 10.8 Å². The molecule has 3 aromatic carbocycles. The quantitative estimate of drug-likeness (QED) is 0.669. The molecule has 0 fully saturated rings. The van der Waals surface area contributed by atoms with Crippen molar-refractivity contribution in [1.29, 1.82) is 0 Å². The minimum Gasteiger partial charge on any atom is -0.333 e. The van der Waals surface area contributed by atoms with Crippen molar-refractivity contribution in [2.45, 2.75) is 12.2 Å². The van der Waals surface area contributed by atoms with Gasteiger partial charge in [0, 0.05) is 6.04 Å². The van der Waals surface area contributed by atoms with Crippen molar-refractivity contribution in [3.63, 3.8) is 0 Å². The van der Waals surface area contributed by atoms with Gasteiger partial charge in [0.1, 0.15) is 0 Å². The minimum atomic E-state index is -3.51. The van der Waals surface area contributed by atoms with E-state index in [1.807, 2.05) is 72.8 Å². The van der Waals surface area contributed by atoms with Crippen LogP contribution in [0.1, 0.15) is 17.2 Å². The van der Waals surface area contributed by atoms with Crippen molar-refractivity contribution in [2.24, 2.45) is 0 Å². The minimum absolute atomic E-state index is 0.0907. The molecule has 0 aliphatic rings. The maximum atomic E-state index is 12.4. The molecule has 0 heterocycles. The van der Waals surface area contributed by atoms with Crippen molar-refractivity contribution < 1.29 is 9.46 Å². The predicted molar refractivity (Wildman–Crippen MR) is 95.2 cm³/mol. The van der Waals surface area contributed by atoms with E-state index in [9.17, 15) is 9.46 Å². The van der Waals surface area contributed by atoms with Crippen LogP contribution >= 0.6 is 7.52 Å². The van der Waals surface area contributed by atoms with Crippen LogP contribution in [-0.4, -0.2) is 4.89 Å². The summed E-state index contributed by atoms with van der Waals surface area (Å²) in [7, 11) is -3.51. The fourth-order valence-electron chi connectivity index (χ4n) is 2.62. The van der Waals surface area contributed by atoms with E-state index < -0.39 is 13.6 Å². The summed E-state index contributed by atoms with van der Waals surface area (Å²) in [5, 5.41) is 5.02. The molecule has 1 radical (unpaired) electrons. The van der Waals surface area contributed by atoms with Crippen LogP contribution in [0.15, 0.2) is 72.8 Å². The molecule has 0 aliphatic heterocycles. The van der Waals surface area contributed by atoms with Gasteiger partial charge < -0.3 is 4.89 Å². The molecule has 0 aromatic heterocycles. The summed E-state index contributed by atoms with van der Waals surface area (Å²) in [5.41, 5.74) is 1.72. The second kappa shape index (κ2) is 6.67. The van der Waals surface area contributed by atoms with Crippen LogP contribution in [0, 0.1) is 6.92 Å². The van der Waals surface area contributed by atoms with Crippen LogP contribution < -0.4 is 5.09 Å². The standard InChI is InChI=1S/C19H19NO2P/c1-15(18-12-11-17-9-5-6-10-19(17)13-18)20-23(21,22)14-16-7-3-2-4-8-16/h2-13,15H,1,14H2,(H2,20,21,22). The highest BCUT2D eigenvalue weighted by atomic mass is 31.2. The van der Waals surface area contributed by atoms with Gasteiger partial charge >= 0.3 is 0 Å². The number of nitrogens with one attached hydrogen (secondary N) is 1. The molecule has 2 atom stereocenters. The first-order valence-electron chi connectivity index (χ1n) is 7.49. The number of rotatable bonds is 5. The third-order valence-electron chi connectivity index (χ3n) is 3.77. The van der Waals surface area contributed by atoms with E-state index in [4.69, 9.17) is 0 Å². The Bertz CT molecular complexity index is 848. The lowest BCUT2D eigenvalue weighted by Crippen LogP contribution is -2.16. The summed E-state index contributed by atoms with van der Waals surface area (Å²) in [4.78, 5) is 10.2. The lowest BCUT2D eigenvalue weighted by atomic mass is 10.0. The second-order valence-electron chi connectivity index (χ2n) is 5.63. The summed E-state index contributed by atoms with van der Waals surface area (Å²) in [5.74, 6) is 0. The monoisotopic (exact) mass is 324 g/mol. The van der Waals surface area contributed by atoms with Gasteiger partial charge in [-0.1, -0.05) is 66.7 Å². The van der Waals surface area contributed by atoms with E-state index in [1.165, 1.54) is 0 Å². The summed E-state index contributed by atoms with van der Waals surface area (Å²) < 4.78 is 12.4. The first-order valence-corrected chi connectivity index (χ1v) is 9.33. The molecule has 4 heteroatoms. The molecule has 0 saturated carbocycles. The van der Waals surface area contributed by atoms with E-state index in [0.717, 1.165) is 21.9 Å². The largest absolute Gasteiger partial charge is 0.333 e. The Kier molecular flexibility index (Phi) is 4.63. The maximum absolute atomic E-state index is 12.4. The fourth-order valence-corrected chi connectivity index (χ4v) is 4.05. The van der Waals surface area contributed by atoms with Gasteiger partial charge in [0.2, 0.25) is 0 Å². The smallest absolute Gasteiger partial charge is 0.272 e. The molecule has 0 aliphatic carbocycles. The van der Waals surface area contributed by atoms with Crippen LogP contribution in [0.5, 0.6) is 0 Å². The van der Waals surface area contributed by atoms with E-state index in [-0.39, 0.29) is 6.16 Å². The molecule has 117 valence electrons. The Morgan fingerprint density at radius 2 is 1.61 bits per heavy atom. The van der Waals surface area contributed by atoms with Crippen LogP contribution in [-0.2, 0) is 10.7 Å². The number of hydrogen-bond donors (Lipinski definition) is 2. The Balaban J connectivity index is 1.76. The third kappa shape index (κ3) is 4.08. The Morgan fingerprint density at radius 1 is 0.957 bits per heavy atom. The number of fused-ring (bicyclic) bond motifs is 1. The average Bonchev–Trinajstić information content (AvgIpc) is 2.54. The van der Waals surface area contributed by atoms with Gasteiger partial charge in [-0.3, -0.25) is 4.57 Å². The van der Waals surface area contributed by atoms with Crippen molar-refractivity contribution in [1.82, 2.24) is 5.09 Å². The molecule has 0 saturated heterocycles. The van der Waals surface area contributed by atoms with Gasteiger partial charge in [-0.15, -0.1) is 0 Å². The molecule has 2 N–H and O–H groups in total. The molecular weight excluding hydrogens is 305 g/mol. The topological polar surface area (TPSA) is 49.3 Å².